The van der Waals surface area contributed by atoms with E-state index in [4.69, 9.17) is 0 Å². The minimum atomic E-state index is 1.04. The first kappa shape index (κ1) is 20.2. The summed E-state index contributed by atoms with van der Waals surface area (Å²) in [6.45, 7) is 2.16. The molecular weight excluding hydrogens is 320 g/mol. The van der Waals surface area contributed by atoms with Gasteiger partial charge in [-0.15, -0.1) is 0 Å². The molecule has 0 N–H and O–H groups in total. The average molecular weight is 351 g/mol. The van der Waals surface area contributed by atoms with Crippen molar-refractivity contribution in [2.75, 3.05) is 5.33 Å². The lowest BCUT2D eigenvalue weighted by molar-refractivity contribution is 0.825. The summed E-state index contributed by atoms with van der Waals surface area (Å²) in [5, 5.41) is 1.12. The van der Waals surface area contributed by atoms with E-state index in [0.717, 1.165) is 37.4 Å². The van der Waals surface area contributed by atoms with Crippen molar-refractivity contribution in [3.05, 3.63) is 60.8 Å². The van der Waals surface area contributed by atoms with Crippen LogP contribution in [0.3, 0.4) is 0 Å². The maximum Gasteiger partial charge on any atom is 0.00314 e. The lowest BCUT2D eigenvalue weighted by Crippen LogP contribution is -1.73. The Hall–Kier alpha value is -0.820. The van der Waals surface area contributed by atoms with Gasteiger partial charge in [-0.2, -0.15) is 0 Å². The number of unbranched alkanes of at least 4 members (excludes halogenated alkanes) is 2. The largest absolute Gasteiger partial charge is 0.0928 e. The Labute approximate surface area is 140 Å². The third-order valence-corrected chi connectivity index (χ3v) is 3.47. The van der Waals surface area contributed by atoms with E-state index in [1.165, 1.54) is 19.3 Å². The molecule has 0 atom stereocenters. The summed E-state index contributed by atoms with van der Waals surface area (Å²) in [5.41, 5.74) is 0. The van der Waals surface area contributed by atoms with Gasteiger partial charge in [-0.25, -0.2) is 0 Å². The number of alkyl halides is 1. The Morgan fingerprint density at radius 3 is 1.43 bits per heavy atom. The van der Waals surface area contributed by atoms with Crippen LogP contribution in [0.15, 0.2) is 60.8 Å². The van der Waals surface area contributed by atoms with Crippen molar-refractivity contribution in [3.8, 4) is 0 Å². The summed E-state index contributed by atoms with van der Waals surface area (Å²) in [7, 11) is 0. The van der Waals surface area contributed by atoms with Crippen LogP contribution in [0, 0.1) is 0 Å². The van der Waals surface area contributed by atoms with E-state index in [2.05, 4.69) is 83.6 Å². The minimum absolute atomic E-state index is 1.04. The number of hydrogen-bond acceptors (Lipinski definition) is 0. The molecule has 0 rings (SSSR count). The first-order valence-corrected chi connectivity index (χ1v) is 9.34. The molecule has 21 heavy (non-hydrogen) atoms. The highest BCUT2D eigenvalue weighted by molar-refractivity contribution is 9.09. The van der Waals surface area contributed by atoms with E-state index < -0.39 is 0 Å². The number of allylic oxidation sites excluding steroid dienone is 10. The van der Waals surface area contributed by atoms with E-state index in [1.807, 2.05) is 0 Å². The molecule has 0 fully saturated rings. The second-order valence-corrected chi connectivity index (χ2v) is 5.69. The maximum atomic E-state index is 3.45. The molecule has 0 aromatic carbocycles. The summed E-state index contributed by atoms with van der Waals surface area (Å²) in [6, 6.07) is 0. The summed E-state index contributed by atoms with van der Waals surface area (Å²) < 4.78 is 0. The quantitative estimate of drug-likeness (QED) is 0.185. The van der Waals surface area contributed by atoms with Crippen LogP contribution in [-0.4, -0.2) is 5.33 Å². The smallest absolute Gasteiger partial charge is 0.00314 e. The molecule has 0 aliphatic heterocycles. The fourth-order valence-electron chi connectivity index (χ4n) is 1.73. The Bertz CT molecular complexity index is 332. The van der Waals surface area contributed by atoms with Gasteiger partial charge < -0.3 is 0 Å². The third kappa shape index (κ3) is 19.2. The van der Waals surface area contributed by atoms with Crippen LogP contribution in [0.1, 0.15) is 58.3 Å². The number of halogens is 1. The summed E-state index contributed by atoms with van der Waals surface area (Å²) in [5.74, 6) is 0. The molecule has 0 saturated heterocycles. The zero-order valence-corrected chi connectivity index (χ0v) is 15.1. The second kappa shape index (κ2) is 19.2. The molecule has 0 radical (unpaired) electrons. The van der Waals surface area contributed by atoms with E-state index in [1.54, 1.807) is 0 Å². The highest BCUT2D eigenvalue weighted by Gasteiger charge is 1.81. The van der Waals surface area contributed by atoms with Crippen molar-refractivity contribution in [2.45, 2.75) is 58.3 Å². The SMILES string of the molecule is CCC=CCC=CCC=CCC=CCC=CCCCCBr. The van der Waals surface area contributed by atoms with Gasteiger partial charge in [0.05, 0.1) is 0 Å². The summed E-state index contributed by atoms with van der Waals surface area (Å²) >= 11 is 3.45. The monoisotopic (exact) mass is 350 g/mol. The van der Waals surface area contributed by atoms with Crippen LogP contribution in [0.2, 0.25) is 0 Å². The second-order valence-electron chi connectivity index (χ2n) is 4.89. The molecule has 0 saturated carbocycles. The van der Waals surface area contributed by atoms with Crippen molar-refractivity contribution >= 4 is 15.9 Å². The van der Waals surface area contributed by atoms with Gasteiger partial charge in [-0.1, -0.05) is 83.6 Å². The lowest BCUT2D eigenvalue weighted by Gasteiger charge is -1.90. The van der Waals surface area contributed by atoms with Crippen LogP contribution in [0.25, 0.3) is 0 Å². The molecule has 0 aliphatic carbocycles. The predicted molar refractivity (Wildman–Crippen MR) is 102 cm³/mol. The Morgan fingerprint density at radius 2 is 1.00 bits per heavy atom. The van der Waals surface area contributed by atoms with Crippen molar-refractivity contribution < 1.29 is 0 Å². The van der Waals surface area contributed by atoms with Crippen LogP contribution >= 0.6 is 15.9 Å². The molecule has 0 aromatic heterocycles. The predicted octanol–water partition coefficient (Wildman–Crippen LogP) is 7.30. The van der Waals surface area contributed by atoms with Crippen LogP contribution in [0.5, 0.6) is 0 Å². The van der Waals surface area contributed by atoms with Gasteiger partial charge in [-0.3, -0.25) is 0 Å². The van der Waals surface area contributed by atoms with Crippen molar-refractivity contribution in [3.63, 3.8) is 0 Å². The van der Waals surface area contributed by atoms with Crippen LogP contribution in [0.4, 0.5) is 0 Å². The summed E-state index contributed by atoms with van der Waals surface area (Å²) in [6.07, 6.45) is 31.5. The van der Waals surface area contributed by atoms with Gasteiger partial charge in [0, 0.05) is 5.33 Å². The molecule has 0 aromatic rings. The van der Waals surface area contributed by atoms with Crippen LogP contribution in [-0.2, 0) is 0 Å². The molecule has 0 heterocycles. The van der Waals surface area contributed by atoms with Crippen molar-refractivity contribution in [2.24, 2.45) is 0 Å². The van der Waals surface area contributed by atoms with Crippen LogP contribution < -0.4 is 0 Å². The maximum absolute atomic E-state index is 3.45. The first-order valence-electron chi connectivity index (χ1n) is 8.22. The standard InChI is InChI=1S/C20H31Br/c1-2-3-4-5-6-7-8-9-10-11-12-13-14-15-16-17-18-19-20-21/h3-4,6-7,9-10,12-13,15-16H,2,5,8,11,14,17-20H2,1H3. The zero-order valence-electron chi connectivity index (χ0n) is 13.5. The average Bonchev–Trinajstić information content (AvgIpc) is 2.50. The number of hydrogen-bond donors (Lipinski definition) is 0. The molecule has 0 nitrogen and oxygen atoms in total. The Kier molecular flexibility index (Phi) is 18.4. The third-order valence-electron chi connectivity index (χ3n) is 2.91. The molecule has 118 valence electrons. The highest BCUT2D eigenvalue weighted by atomic mass is 79.9. The topological polar surface area (TPSA) is 0 Å². The van der Waals surface area contributed by atoms with E-state index in [-0.39, 0.29) is 0 Å². The van der Waals surface area contributed by atoms with Gasteiger partial charge in [-0.05, 0) is 51.4 Å². The molecule has 0 spiro atoms. The van der Waals surface area contributed by atoms with Gasteiger partial charge in [0.1, 0.15) is 0 Å². The summed E-state index contributed by atoms with van der Waals surface area (Å²) in [4.78, 5) is 0. The van der Waals surface area contributed by atoms with Gasteiger partial charge in [0.2, 0.25) is 0 Å². The molecule has 0 unspecified atom stereocenters. The molecule has 0 aliphatic rings. The number of rotatable bonds is 13. The Morgan fingerprint density at radius 1 is 0.571 bits per heavy atom. The normalized spacial score (nSPS) is 13.0. The lowest BCUT2D eigenvalue weighted by atomic mass is 10.2. The molecule has 0 bridgehead atoms. The Balaban J connectivity index is 3.41. The van der Waals surface area contributed by atoms with Crippen molar-refractivity contribution in [1.82, 2.24) is 0 Å². The fourth-order valence-corrected chi connectivity index (χ4v) is 2.12. The highest BCUT2D eigenvalue weighted by Crippen LogP contribution is 2.00. The fraction of sp³-hybridized carbons (Fsp3) is 0.500. The van der Waals surface area contributed by atoms with Gasteiger partial charge in [0.15, 0.2) is 0 Å². The van der Waals surface area contributed by atoms with Gasteiger partial charge in [0.25, 0.3) is 0 Å². The van der Waals surface area contributed by atoms with E-state index in [0.29, 0.717) is 0 Å². The molecule has 1 heteroatoms. The van der Waals surface area contributed by atoms with E-state index in [9.17, 15) is 0 Å². The van der Waals surface area contributed by atoms with Crippen molar-refractivity contribution in [1.29, 1.82) is 0 Å². The first-order chi connectivity index (χ1) is 10.4. The van der Waals surface area contributed by atoms with E-state index >= 15 is 0 Å². The molecule has 0 amide bonds. The zero-order chi connectivity index (χ0) is 15.4. The molecular formula is C20H31Br. The minimum Gasteiger partial charge on any atom is -0.0928 e. The van der Waals surface area contributed by atoms with Gasteiger partial charge >= 0.3 is 0 Å².